The van der Waals surface area contributed by atoms with Crippen molar-refractivity contribution in [3.63, 3.8) is 0 Å². The molecule has 3 rings (SSSR count). The van der Waals surface area contributed by atoms with Crippen LogP contribution < -0.4 is 15.8 Å². The number of amides is 2. The van der Waals surface area contributed by atoms with Crippen molar-refractivity contribution in [2.24, 2.45) is 5.73 Å². The van der Waals surface area contributed by atoms with E-state index in [-0.39, 0.29) is 5.56 Å². The zero-order valence-corrected chi connectivity index (χ0v) is 17.1. The summed E-state index contributed by atoms with van der Waals surface area (Å²) in [5, 5.41) is 5.63. The number of nitrogens with two attached hydrogens (primary N) is 1. The summed E-state index contributed by atoms with van der Waals surface area (Å²) in [6.07, 6.45) is -0.771. The highest BCUT2D eigenvalue weighted by Gasteiger charge is 2.23. The van der Waals surface area contributed by atoms with Crippen LogP contribution in [0, 0.1) is 0 Å². The van der Waals surface area contributed by atoms with E-state index < -0.39 is 17.9 Å². The van der Waals surface area contributed by atoms with E-state index in [1.807, 2.05) is 18.2 Å². The minimum atomic E-state index is -0.771. The van der Waals surface area contributed by atoms with Crippen molar-refractivity contribution in [3.05, 3.63) is 69.5 Å². The molecule has 2 amide bonds. The van der Waals surface area contributed by atoms with Gasteiger partial charge in [-0.05, 0) is 31.2 Å². The number of para-hydroxylation sites is 1. The molecule has 2 aromatic carbocycles. The lowest BCUT2D eigenvalue weighted by atomic mass is 10.0. The van der Waals surface area contributed by atoms with Crippen LogP contribution in [0.15, 0.2) is 53.9 Å². The number of benzene rings is 2. The predicted octanol–water partition coefficient (Wildman–Crippen LogP) is 5.23. The molecule has 0 saturated carbocycles. The van der Waals surface area contributed by atoms with E-state index in [1.54, 1.807) is 42.6 Å². The van der Waals surface area contributed by atoms with Gasteiger partial charge in [-0.25, -0.2) is 0 Å². The van der Waals surface area contributed by atoms with Crippen molar-refractivity contribution in [3.8, 4) is 16.9 Å². The lowest BCUT2D eigenvalue weighted by Crippen LogP contribution is -2.30. The van der Waals surface area contributed by atoms with Gasteiger partial charge >= 0.3 is 0 Å². The first-order valence-corrected chi connectivity index (χ1v) is 9.89. The molecule has 0 bridgehead atoms. The number of nitrogens with one attached hydrogen (secondary N) is 1. The maximum atomic E-state index is 12.5. The van der Waals surface area contributed by atoms with Crippen LogP contribution in [-0.2, 0) is 4.79 Å². The Hall–Kier alpha value is -2.54. The van der Waals surface area contributed by atoms with Gasteiger partial charge in [0.25, 0.3) is 11.8 Å². The fraction of sp³-hybridized carbons (Fsp3) is 0.100. The van der Waals surface area contributed by atoms with Gasteiger partial charge in [0, 0.05) is 26.6 Å². The molecular formula is C20H16Cl2N2O3S. The molecule has 0 unspecified atom stereocenters. The monoisotopic (exact) mass is 434 g/mol. The van der Waals surface area contributed by atoms with Gasteiger partial charge in [-0.1, -0.05) is 47.5 Å². The Bertz CT molecular complexity index is 1020. The summed E-state index contributed by atoms with van der Waals surface area (Å²) in [4.78, 5) is 24.6. The molecule has 0 aliphatic heterocycles. The fourth-order valence-corrected chi connectivity index (χ4v) is 4.05. The number of halogens is 2. The number of thiophene rings is 1. The van der Waals surface area contributed by atoms with E-state index in [1.165, 1.54) is 11.3 Å². The van der Waals surface area contributed by atoms with Gasteiger partial charge < -0.3 is 15.8 Å². The molecule has 144 valence electrons. The first kappa shape index (κ1) is 20.2. The van der Waals surface area contributed by atoms with Crippen molar-refractivity contribution in [2.75, 3.05) is 5.32 Å². The molecule has 0 radical (unpaired) electrons. The molecule has 3 aromatic rings. The summed E-state index contributed by atoms with van der Waals surface area (Å²) in [6, 6.07) is 13.9. The lowest BCUT2D eigenvalue weighted by molar-refractivity contribution is -0.122. The van der Waals surface area contributed by atoms with Crippen LogP contribution >= 0.6 is 34.5 Å². The number of carbonyl (C=O) groups is 2. The normalized spacial score (nSPS) is 11.7. The van der Waals surface area contributed by atoms with Gasteiger partial charge in [0.05, 0.1) is 5.56 Å². The van der Waals surface area contributed by atoms with Crippen molar-refractivity contribution in [2.45, 2.75) is 13.0 Å². The third-order valence-electron chi connectivity index (χ3n) is 3.92. The summed E-state index contributed by atoms with van der Waals surface area (Å²) >= 11 is 13.4. The molecule has 0 fully saturated rings. The molecule has 0 saturated heterocycles. The molecule has 5 nitrogen and oxygen atoms in total. The highest BCUT2D eigenvalue weighted by Crippen LogP contribution is 2.39. The first-order valence-electron chi connectivity index (χ1n) is 8.26. The second kappa shape index (κ2) is 8.65. The van der Waals surface area contributed by atoms with Crippen LogP contribution in [0.25, 0.3) is 11.1 Å². The third-order valence-corrected chi connectivity index (χ3v) is 5.36. The van der Waals surface area contributed by atoms with Crippen molar-refractivity contribution in [1.82, 2.24) is 0 Å². The van der Waals surface area contributed by atoms with Gasteiger partial charge in [0.1, 0.15) is 10.8 Å². The number of ether oxygens (including phenoxy) is 1. The van der Waals surface area contributed by atoms with E-state index >= 15 is 0 Å². The second-order valence-electron chi connectivity index (χ2n) is 5.90. The highest BCUT2D eigenvalue weighted by atomic mass is 35.5. The first-order chi connectivity index (χ1) is 13.4. The molecule has 0 aliphatic carbocycles. The zero-order valence-electron chi connectivity index (χ0n) is 14.7. The van der Waals surface area contributed by atoms with E-state index in [0.29, 0.717) is 31.9 Å². The van der Waals surface area contributed by atoms with Crippen molar-refractivity contribution >= 4 is 51.4 Å². The van der Waals surface area contributed by atoms with Crippen molar-refractivity contribution in [1.29, 1.82) is 0 Å². The standard InChI is InChI=1S/C20H16Cl2N2O3S/c1-11(27-13-5-3-2-4-6-13)19(26)24-20-17(18(23)25)15(10-28-20)14-8-7-12(21)9-16(14)22/h2-11H,1H3,(H2,23,25)(H,24,26)/t11-/m1/s1. The molecule has 0 spiro atoms. The molecule has 1 atom stereocenters. The maximum absolute atomic E-state index is 12.5. The van der Waals surface area contributed by atoms with Crippen molar-refractivity contribution < 1.29 is 14.3 Å². The fourth-order valence-electron chi connectivity index (χ4n) is 2.57. The van der Waals surface area contributed by atoms with Gasteiger partial charge in [0.15, 0.2) is 6.10 Å². The Morgan fingerprint density at radius 2 is 1.82 bits per heavy atom. The topological polar surface area (TPSA) is 81.4 Å². The number of hydrogen-bond donors (Lipinski definition) is 2. The Balaban J connectivity index is 1.85. The number of anilines is 1. The molecule has 8 heteroatoms. The Morgan fingerprint density at radius 3 is 2.46 bits per heavy atom. The molecule has 3 N–H and O–H groups in total. The van der Waals surface area contributed by atoms with E-state index in [9.17, 15) is 9.59 Å². The largest absolute Gasteiger partial charge is 0.481 e. The average Bonchev–Trinajstić information content (AvgIpc) is 3.06. The van der Waals surface area contributed by atoms with Gasteiger partial charge in [0.2, 0.25) is 0 Å². The molecule has 1 heterocycles. The van der Waals surface area contributed by atoms with Crippen LogP contribution in [0.5, 0.6) is 5.75 Å². The van der Waals surface area contributed by atoms with E-state index in [2.05, 4.69) is 5.32 Å². The molecule has 1 aromatic heterocycles. The maximum Gasteiger partial charge on any atom is 0.265 e. The number of rotatable bonds is 6. The van der Waals surface area contributed by atoms with Gasteiger partial charge in [-0.3, -0.25) is 9.59 Å². The highest BCUT2D eigenvalue weighted by molar-refractivity contribution is 7.15. The number of hydrogen-bond acceptors (Lipinski definition) is 4. The van der Waals surface area contributed by atoms with Gasteiger partial charge in [-0.2, -0.15) is 0 Å². The van der Waals surface area contributed by atoms with E-state index in [4.69, 9.17) is 33.7 Å². The Labute approximate surface area is 176 Å². The lowest BCUT2D eigenvalue weighted by Gasteiger charge is -2.14. The molecule has 28 heavy (non-hydrogen) atoms. The quantitative estimate of drug-likeness (QED) is 0.557. The second-order valence-corrected chi connectivity index (χ2v) is 7.63. The third kappa shape index (κ3) is 4.47. The van der Waals surface area contributed by atoms with Crippen LogP contribution in [-0.4, -0.2) is 17.9 Å². The summed E-state index contributed by atoms with van der Waals surface area (Å²) < 4.78 is 5.61. The van der Waals surface area contributed by atoms with E-state index in [0.717, 1.165) is 0 Å². The van der Waals surface area contributed by atoms with Crippen LogP contribution in [0.3, 0.4) is 0 Å². The summed E-state index contributed by atoms with van der Waals surface area (Å²) in [6.45, 7) is 1.62. The summed E-state index contributed by atoms with van der Waals surface area (Å²) in [7, 11) is 0. The van der Waals surface area contributed by atoms with Crippen LogP contribution in [0.4, 0.5) is 5.00 Å². The minimum Gasteiger partial charge on any atom is -0.481 e. The summed E-state index contributed by atoms with van der Waals surface area (Å²) in [5.41, 5.74) is 6.89. The summed E-state index contributed by atoms with van der Waals surface area (Å²) in [5.74, 6) is -0.503. The number of primary amides is 1. The SMILES string of the molecule is C[C@@H](Oc1ccccc1)C(=O)Nc1scc(-c2ccc(Cl)cc2Cl)c1C(N)=O. The molecule has 0 aliphatic rings. The minimum absolute atomic E-state index is 0.189. The van der Waals surface area contributed by atoms with Crippen LogP contribution in [0.2, 0.25) is 10.0 Å². The van der Waals surface area contributed by atoms with Gasteiger partial charge in [-0.15, -0.1) is 11.3 Å². The predicted molar refractivity (Wildman–Crippen MR) is 113 cm³/mol. The number of carbonyl (C=O) groups excluding carboxylic acids is 2. The Kier molecular flexibility index (Phi) is 6.24. The Morgan fingerprint density at radius 1 is 1.11 bits per heavy atom. The van der Waals surface area contributed by atoms with Crippen LogP contribution in [0.1, 0.15) is 17.3 Å². The molecular weight excluding hydrogens is 419 g/mol. The smallest absolute Gasteiger partial charge is 0.265 e. The average molecular weight is 435 g/mol. The zero-order chi connectivity index (χ0) is 20.3.